The summed E-state index contributed by atoms with van der Waals surface area (Å²) in [4.78, 5) is 23.4. The smallest absolute Gasteiger partial charge is 0.226 e. The summed E-state index contributed by atoms with van der Waals surface area (Å²) in [5, 5.41) is 5.97. The number of carbonyl (C=O) groups is 1. The average molecular weight is 359 g/mol. The van der Waals surface area contributed by atoms with Gasteiger partial charge < -0.3 is 10.2 Å². The van der Waals surface area contributed by atoms with E-state index in [0.29, 0.717) is 18.4 Å². The zero-order valence-electron chi connectivity index (χ0n) is 14.9. The van der Waals surface area contributed by atoms with Gasteiger partial charge in [-0.2, -0.15) is 0 Å². The van der Waals surface area contributed by atoms with E-state index in [0.717, 1.165) is 29.4 Å². The van der Waals surface area contributed by atoms with Gasteiger partial charge in [-0.25, -0.2) is 4.98 Å². The number of rotatable bonds is 6. The Morgan fingerprint density at radius 1 is 1.48 bits per heavy atom. The molecule has 3 heterocycles. The Labute approximate surface area is 153 Å². The number of likely N-dealkylation sites (tertiary alicyclic amines) is 1. The van der Waals surface area contributed by atoms with Gasteiger partial charge in [-0.15, -0.1) is 11.3 Å². The second-order valence-electron chi connectivity index (χ2n) is 6.96. The number of nitrogens with one attached hydrogen (secondary N) is 1. The zero-order valence-corrected chi connectivity index (χ0v) is 15.8. The van der Waals surface area contributed by atoms with Gasteiger partial charge in [-0.3, -0.25) is 9.78 Å². The second kappa shape index (κ2) is 8.54. The van der Waals surface area contributed by atoms with E-state index in [1.165, 1.54) is 19.4 Å². The summed E-state index contributed by atoms with van der Waals surface area (Å²) < 4.78 is 0. The lowest BCUT2D eigenvalue weighted by Crippen LogP contribution is -2.44. The Morgan fingerprint density at radius 3 is 3.12 bits per heavy atom. The predicted octanol–water partition coefficient (Wildman–Crippen LogP) is 2.98. The van der Waals surface area contributed by atoms with Gasteiger partial charge >= 0.3 is 0 Å². The molecule has 1 fully saturated rings. The number of carbonyl (C=O) groups excluding carboxylic acids is 1. The molecule has 1 N–H and O–H groups in total. The number of hydrogen-bond acceptors (Lipinski definition) is 5. The van der Waals surface area contributed by atoms with E-state index >= 15 is 0 Å². The minimum Gasteiger partial charge on any atom is -0.355 e. The SMILES string of the molecule is CC(C)N1CCC[C@H](CNC(=O)Cc2csc(-c3cccnc3)n2)C1. The van der Waals surface area contributed by atoms with Crippen LogP contribution in [0.15, 0.2) is 29.9 Å². The number of pyridine rings is 1. The molecule has 0 spiro atoms. The number of hydrogen-bond donors (Lipinski definition) is 1. The van der Waals surface area contributed by atoms with Crippen LogP contribution in [0.3, 0.4) is 0 Å². The molecule has 1 aliphatic rings. The molecule has 1 aliphatic heterocycles. The molecule has 3 rings (SSSR count). The fourth-order valence-corrected chi connectivity index (χ4v) is 4.04. The van der Waals surface area contributed by atoms with Crippen LogP contribution in [0, 0.1) is 5.92 Å². The van der Waals surface area contributed by atoms with Crippen LogP contribution in [0.25, 0.3) is 10.6 Å². The number of piperidine rings is 1. The Kier molecular flexibility index (Phi) is 6.15. The Hall–Kier alpha value is -1.79. The van der Waals surface area contributed by atoms with Gasteiger partial charge in [0.2, 0.25) is 5.91 Å². The number of thiazole rings is 1. The van der Waals surface area contributed by atoms with Crippen LogP contribution in [0.5, 0.6) is 0 Å². The molecule has 2 aromatic heterocycles. The molecule has 1 amide bonds. The summed E-state index contributed by atoms with van der Waals surface area (Å²) in [7, 11) is 0. The van der Waals surface area contributed by atoms with E-state index < -0.39 is 0 Å². The first kappa shape index (κ1) is 18.0. The molecule has 1 saturated heterocycles. The molecule has 0 bridgehead atoms. The van der Waals surface area contributed by atoms with E-state index in [9.17, 15) is 4.79 Å². The van der Waals surface area contributed by atoms with Crippen LogP contribution in [0.1, 0.15) is 32.4 Å². The largest absolute Gasteiger partial charge is 0.355 e. The third-order valence-corrected chi connectivity index (χ3v) is 5.61. The quantitative estimate of drug-likeness (QED) is 0.862. The van der Waals surface area contributed by atoms with Gasteiger partial charge in [-0.05, 0) is 51.3 Å². The molecule has 134 valence electrons. The van der Waals surface area contributed by atoms with Gasteiger partial charge in [0.25, 0.3) is 0 Å². The normalized spacial score (nSPS) is 18.4. The van der Waals surface area contributed by atoms with E-state index in [1.807, 2.05) is 17.5 Å². The van der Waals surface area contributed by atoms with E-state index in [2.05, 4.69) is 34.0 Å². The van der Waals surface area contributed by atoms with Crippen molar-refractivity contribution in [3.05, 3.63) is 35.6 Å². The highest BCUT2D eigenvalue weighted by atomic mass is 32.1. The topological polar surface area (TPSA) is 58.1 Å². The highest BCUT2D eigenvalue weighted by Crippen LogP contribution is 2.23. The molecule has 0 aromatic carbocycles. The first-order valence-corrected chi connectivity index (χ1v) is 9.85. The van der Waals surface area contributed by atoms with Crippen molar-refractivity contribution >= 4 is 17.2 Å². The second-order valence-corrected chi connectivity index (χ2v) is 7.82. The van der Waals surface area contributed by atoms with Crippen molar-refractivity contribution in [2.75, 3.05) is 19.6 Å². The van der Waals surface area contributed by atoms with Crippen LogP contribution < -0.4 is 5.32 Å². The van der Waals surface area contributed by atoms with Gasteiger partial charge in [0, 0.05) is 42.5 Å². The van der Waals surface area contributed by atoms with Crippen LogP contribution in [-0.4, -0.2) is 46.5 Å². The third kappa shape index (κ3) is 5.09. The van der Waals surface area contributed by atoms with Crippen molar-refractivity contribution in [1.29, 1.82) is 0 Å². The van der Waals surface area contributed by atoms with Crippen molar-refractivity contribution in [2.24, 2.45) is 5.92 Å². The third-order valence-electron chi connectivity index (χ3n) is 4.67. The van der Waals surface area contributed by atoms with Crippen LogP contribution in [0.4, 0.5) is 0 Å². The molecule has 0 saturated carbocycles. The van der Waals surface area contributed by atoms with Crippen molar-refractivity contribution in [2.45, 2.75) is 39.2 Å². The van der Waals surface area contributed by atoms with Crippen LogP contribution in [0.2, 0.25) is 0 Å². The summed E-state index contributed by atoms with van der Waals surface area (Å²) in [6, 6.07) is 4.46. The van der Waals surface area contributed by atoms with E-state index in [-0.39, 0.29) is 5.91 Å². The van der Waals surface area contributed by atoms with Gasteiger partial charge in [-0.1, -0.05) is 0 Å². The van der Waals surface area contributed by atoms with Gasteiger partial charge in [0.05, 0.1) is 12.1 Å². The summed E-state index contributed by atoms with van der Waals surface area (Å²) in [6.07, 6.45) is 6.31. The fourth-order valence-electron chi connectivity index (χ4n) is 3.23. The van der Waals surface area contributed by atoms with Crippen LogP contribution >= 0.6 is 11.3 Å². The van der Waals surface area contributed by atoms with E-state index in [1.54, 1.807) is 23.7 Å². The van der Waals surface area contributed by atoms with Gasteiger partial charge in [0.1, 0.15) is 5.01 Å². The minimum atomic E-state index is 0.0599. The minimum absolute atomic E-state index is 0.0599. The summed E-state index contributed by atoms with van der Waals surface area (Å²) in [5.74, 6) is 0.617. The molecular formula is C19H26N4OS. The average Bonchev–Trinajstić information content (AvgIpc) is 3.09. The lowest BCUT2D eigenvalue weighted by atomic mass is 9.97. The predicted molar refractivity (Wildman–Crippen MR) is 101 cm³/mol. The maximum absolute atomic E-state index is 12.2. The molecule has 2 aromatic rings. The number of amides is 1. The lowest BCUT2D eigenvalue weighted by molar-refractivity contribution is -0.120. The molecule has 25 heavy (non-hydrogen) atoms. The molecule has 0 aliphatic carbocycles. The Bertz CT molecular complexity index is 686. The molecule has 0 radical (unpaired) electrons. The maximum atomic E-state index is 12.2. The van der Waals surface area contributed by atoms with Gasteiger partial charge in [0.15, 0.2) is 0 Å². The maximum Gasteiger partial charge on any atom is 0.226 e. The zero-order chi connectivity index (χ0) is 17.6. The fraction of sp³-hybridized carbons (Fsp3) is 0.526. The summed E-state index contributed by atoms with van der Waals surface area (Å²) >= 11 is 1.56. The Morgan fingerprint density at radius 2 is 2.36 bits per heavy atom. The monoisotopic (exact) mass is 358 g/mol. The first-order valence-electron chi connectivity index (χ1n) is 8.97. The molecule has 0 unspecified atom stereocenters. The highest BCUT2D eigenvalue weighted by Gasteiger charge is 2.22. The molecular weight excluding hydrogens is 332 g/mol. The van der Waals surface area contributed by atoms with Crippen molar-refractivity contribution in [1.82, 2.24) is 20.2 Å². The molecule has 6 heteroatoms. The molecule has 5 nitrogen and oxygen atoms in total. The number of aromatic nitrogens is 2. The number of nitrogens with zero attached hydrogens (tertiary/aromatic N) is 3. The first-order chi connectivity index (χ1) is 12.1. The van der Waals surface area contributed by atoms with Crippen molar-refractivity contribution < 1.29 is 4.79 Å². The van der Waals surface area contributed by atoms with Crippen LogP contribution in [-0.2, 0) is 11.2 Å². The standard InChI is InChI=1S/C19H26N4OS/c1-14(2)23-8-4-5-15(12-23)10-21-18(24)9-17-13-25-19(22-17)16-6-3-7-20-11-16/h3,6-7,11,13-15H,4-5,8-10,12H2,1-2H3,(H,21,24)/t15-/m1/s1. The van der Waals surface area contributed by atoms with E-state index in [4.69, 9.17) is 0 Å². The van der Waals surface area contributed by atoms with Crippen molar-refractivity contribution in [3.63, 3.8) is 0 Å². The lowest BCUT2D eigenvalue weighted by Gasteiger charge is -2.35. The highest BCUT2D eigenvalue weighted by molar-refractivity contribution is 7.13. The molecule has 1 atom stereocenters. The van der Waals surface area contributed by atoms with Crippen molar-refractivity contribution in [3.8, 4) is 10.6 Å². The summed E-state index contributed by atoms with van der Waals surface area (Å²) in [5.41, 5.74) is 1.82. The summed E-state index contributed by atoms with van der Waals surface area (Å²) in [6.45, 7) is 7.51. The Balaban J connectivity index is 1.47.